The van der Waals surface area contributed by atoms with Crippen molar-refractivity contribution in [1.29, 1.82) is 0 Å². The van der Waals surface area contributed by atoms with Crippen LogP contribution in [0.1, 0.15) is 19.4 Å². The van der Waals surface area contributed by atoms with Crippen LogP contribution in [0.4, 0.5) is 5.82 Å². The average Bonchev–Trinajstić information content (AvgIpc) is 2.46. The van der Waals surface area contributed by atoms with Crippen molar-refractivity contribution in [2.75, 3.05) is 25.2 Å². The molecule has 4 heteroatoms. The van der Waals surface area contributed by atoms with Gasteiger partial charge in [-0.1, -0.05) is 18.2 Å². The van der Waals surface area contributed by atoms with Crippen molar-refractivity contribution in [2.45, 2.75) is 25.8 Å². The third-order valence-corrected chi connectivity index (χ3v) is 3.67. The van der Waals surface area contributed by atoms with Gasteiger partial charge in [0.2, 0.25) is 0 Å². The number of pyridine rings is 1. The molecule has 0 N–H and O–H groups in total. The molecule has 0 aliphatic heterocycles. The lowest BCUT2D eigenvalue weighted by atomic mass is 10.1. The van der Waals surface area contributed by atoms with Gasteiger partial charge in [-0.25, -0.2) is 4.98 Å². The topological polar surface area (TPSA) is 25.4 Å². The van der Waals surface area contributed by atoms with Crippen LogP contribution in [0.2, 0.25) is 0 Å². The summed E-state index contributed by atoms with van der Waals surface area (Å²) in [6.07, 6.45) is 0. The van der Waals surface area contributed by atoms with E-state index in [1.54, 1.807) is 7.11 Å². The molecule has 0 saturated heterocycles. The molecule has 0 atom stereocenters. The maximum absolute atomic E-state index is 6.10. The Morgan fingerprint density at radius 2 is 2.05 bits per heavy atom. The van der Waals surface area contributed by atoms with E-state index in [1.165, 1.54) is 0 Å². The molecule has 0 spiro atoms. The molecular weight excluding hydrogens is 272 g/mol. The summed E-state index contributed by atoms with van der Waals surface area (Å²) >= 11 is 6.10. The maximum Gasteiger partial charge on any atom is 0.129 e. The number of fused-ring (bicyclic) bond motifs is 1. The van der Waals surface area contributed by atoms with E-state index in [2.05, 4.69) is 30.9 Å². The summed E-state index contributed by atoms with van der Waals surface area (Å²) in [5.74, 6) is 1.46. The summed E-state index contributed by atoms with van der Waals surface area (Å²) in [7, 11) is 1.72. The summed E-state index contributed by atoms with van der Waals surface area (Å²) in [6, 6.07) is 10.6. The number of halogens is 1. The quantitative estimate of drug-likeness (QED) is 0.757. The van der Waals surface area contributed by atoms with Gasteiger partial charge in [0.1, 0.15) is 5.82 Å². The Labute approximate surface area is 125 Å². The van der Waals surface area contributed by atoms with Crippen LogP contribution < -0.4 is 4.90 Å². The highest BCUT2D eigenvalue weighted by Gasteiger charge is 2.14. The Bertz CT molecular complexity index is 571. The molecule has 0 radical (unpaired) electrons. The molecule has 0 unspecified atom stereocenters. The largest absolute Gasteiger partial charge is 0.383 e. The monoisotopic (exact) mass is 292 g/mol. The molecule has 0 saturated carbocycles. The van der Waals surface area contributed by atoms with E-state index in [0.717, 1.165) is 28.8 Å². The Hall–Kier alpha value is -1.32. The standard InChI is InChI=1S/C16H21ClN2O/c1-12(2)19(8-9-20-3)16-10-13(11-17)14-6-4-5-7-15(14)18-16/h4-7,10,12H,8-9,11H2,1-3H3. The number of methoxy groups -OCH3 is 1. The van der Waals surface area contributed by atoms with Crippen LogP contribution in [0.3, 0.4) is 0 Å². The molecule has 1 aromatic heterocycles. The number of benzene rings is 1. The fourth-order valence-electron chi connectivity index (χ4n) is 2.32. The third-order valence-electron chi connectivity index (χ3n) is 3.39. The first-order valence-electron chi connectivity index (χ1n) is 6.87. The second kappa shape index (κ2) is 6.91. The van der Waals surface area contributed by atoms with E-state index in [9.17, 15) is 0 Å². The van der Waals surface area contributed by atoms with Crippen LogP contribution in [-0.4, -0.2) is 31.3 Å². The Morgan fingerprint density at radius 3 is 2.70 bits per heavy atom. The zero-order chi connectivity index (χ0) is 14.5. The minimum absolute atomic E-state index is 0.363. The highest BCUT2D eigenvalue weighted by atomic mass is 35.5. The summed E-state index contributed by atoms with van der Waals surface area (Å²) < 4.78 is 5.19. The zero-order valence-electron chi connectivity index (χ0n) is 12.3. The number of alkyl halides is 1. The lowest BCUT2D eigenvalue weighted by Crippen LogP contribution is -2.34. The first kappa shape index (κ1) is 15.1. The van der Waals surface area contributed by atoms with E-state index < -0.39 is 0 Å². The highest BCUT2D eigenvalue weighted by Crippen LogP contribution is 2.25. The number of nitrogens with zero attached hydrogens (tertiary/aromatic N) is 2. The number of ether oxygens (including phenoxy) is 1. The fraction of sp³-hybridized carbons (Fsp3) is 0.438. The van der Waals surface area contributed by atoms with Gasteiger partial charge in [-0.2, -0.15) is 0 Å². The van der Waals surface area contributed by atoms with E-state index in [0.29, 0.717) is 18.5 Å². The van der Waals surface area contributed by atoms with Gasteiger partial charge in [-0.05, 0) is 31.5 Å². The molecule has 0 bridgehead atoms. The van der Waals surface area contributed by atoms with Gasteiger partial charge >= 0.3 is 0 Å². The molecule has 20 heavy (non-hydrogen) atoms. The van der Waals surface area contributed by atoms with Crippen LogP contribution in [0.25, 0.3) is 10.9 Å². The van der Waals surface area contributed by atoms with Crippen LogP contribution in [0.15, 0.2) is 30.3 Å². The normalized spacial score (nSPS) is 11.2. The van der Waals surface area contributed by atoms with Crippen molar-refractivity contribution in [3.63, 3.8) is 0 Å². The molecule has 0 amide bonds. The highest BCUT2D eigenvalue weighted by molar-refractivity contribution is 6.18. The van der Waals surface area contributed by atoms with E-state index in [1.807, 2.05) is 18.2 Å². The smallest absolute Gasteiger partial charge is 0.129 e. The van der Waals surface area contributed by atoms with Gasteiger partial charge in [-0.15, -0.1) is 11.6 Å². The Morgan fingerprint density at radius 1 is 1.30 bits per heavy atom. The molecule has 0 aliphatic carbocycles. The lowest BCUT2D eigenvalue weighted by molar-refractivity contribution is 0.203. The third kappa shape index (κ3) is 3.22. The summed E-state index contributed by atoms with van der Waals surface area (Å²) in [5.41, 5.74) is 2.11. The van der Waals surface area contributed by atoms with Gasteiger partial charge in [-0.3, -0.25) is 0 Å². The summed E-state index contributed by atoms with van der Waals surface area (Å²) in [6.45, 7) is 5.82. The average molecular weight is 293 g/mol. The predicted octanol–water partition coefficient (Wildman–Crippen LogP) is 3.83. The van der Waals surface area contributed by atoms with Crippen molar-refractivity contribution in [2.24, 2.45) is 0 Å². The second-order valence-electron chi connectivity index (χ2n) is 5.07. The lowest BCUT2D eigenvalue weighted by Gasteiger charge is -2.28. The summed E-state index contributed by atoms with van der Waals surface area (Å²) in [4.78, 5) is 7.01. The zero-order valence-corrected chi connectivity index (χ0v) is 13.0. The molecule has 0 aliphatic rings. The molecular formula is C16H21ClN2O. The molecule has 3 nitrogen and oxygen atoms in total. The van der Waals surface area contributed by atoms with Crippen LogP contribution in [-0.2, 0) is 10.6 Å². The first-order chi connectivity index (χ1) is 9.67. The number of anilines is 1. The minimum Gasteiger partial charge on any atom is -0.383 e. The summed E-state index contributed by atoms with van der Waals surface area (Å²) in [5, 5.41) is 1.13. The predicted molar refractivity (Wildman–Crippen MR) is 85.7 cm³/mol. The number of para-hydroxylation sites is 1. The molecule has 0 fully saturated rings. The molecule has 2 rings (SSSR count). The SMILES string of the molecule is COCCN(c1cc(CCl)c2ccccc2n1)C(C)C. The Kier molecular flexibility index (Phi) is 5.21. The van der Waals surface area contributed by atoms with Crippen LogP contribution in [0, 0.1) is 0 Å². The number of hydrogen-bond donors (Lipinski definition) is 0. The molecule has 108 valence electrons. The second-order valence-corrected chi connectivity index (χ2v) is 5.34. The van der Waals surface area contributed by atoms with Gasteiger partial charge in [0.15, 0.2) is 0 Å². The van der Waals surface area contributed by atoms with Crippen molar-refractivity contribution in [3.05, 3.63) is 35.9 Å². The van der Waals surface area contributed by atoms with Crippen molar-refractivity contribution >= 4 is 28.3 Å². The van der Waals surface area contributed by atoms with Crippen molar-refractivity contribution in [3.8, 4) is 0 Å². The van der Waals surface area contributed by atoms with Crippen LogP contribution in [0.5, 0.6) is 0 Å². The van der Waals surface area contributed by atoms with E-state index in [-0.39, 0.29) is 0 Å². The van der Waals surface area contributed by atoms with E-state index >= 15 is 0 Å². The minimum atomic E-state index is 0.363. The molecule has 2 aromatic rings. The molecule has 1 aromatic carbocycles. The maximum atomic E-state index is 6.10. The van der Waals surface area contributed by atoms with Crippen molar-refractivity contribution in [1.82, 2.24) is 4.98 Å². The number of rotatable bonds is 6. The number of aromatic nitrogens is 1. The molecule has 1 heterocycles. The van der Waals surface area contributed by atoms with Gasteiger partial charge in [0.25, 0.3) is 0 Å². The van der Waals surface area contributed by atoms with Gasteiger partial charge in [0, 0.05) is 31.0 Å². The van der Waals surface area contributed by atoms with Gasteiger partial charge in [0.05, 0.1) is 12.1 Å². The van der Waals surface area contributed by atoms with Crippen LogP contribution >= 0.6 is 11.6 Å². The Balaban J connectivity index is 2.46. The first-order valence-corrected chi connectivity index (χ1v) is 7.41. The fourth-order valence-corrected chi connectivity index (χ4v) is 2.54. The van der Waals surface area contributed by atoms with E-state index in [4.69, 9.17) is 21.3 Å². The number of hydrogen-bond acceptors (Lipinski definition) is 3. The van der Waals surface area contributed by atoms with Gasteiger partial charge < -0.3 is 9.64 Å². The van der Waals surface area contributed by atoms with Crippen molar-refractivity contribution < 1.29 is 4.74 Å².